The summed E-state index contributed by atoms with van der Waals surface area (Å²) in [7, 11) is 1.39. The molecule has 0 amide bonds. The van der Waals surface area contributed by atoms with E-state index < -0.39 is 0 Å². The zero-order chi connectivity index (χ0) is 22.0. The fourth-order valence-corrected chi connectivity index (χ4v) is 4.09. The minimum Gasteiger partial charge on any atom is -0.465 e. The van der Waals surface area contributed by atoms with Crippen molar-refractivity contribution in [3.63, 3.8) is 0 Å². The smallest absolute Gasteiger partial charge is 0.340 e. The number of pyridine rings is 1. The predicted molar refractivity (Wildman–Crippen MR) is 118 cm³/mol. The van der Waals surface area contributed by atoms with Crippen LogP contribution in [0.4, 0.5) is 11.4 Å². The lowest BCUT2D eigenvalue weighted by Crippen LogP contribution is -2.46. The van der Waals surface area contributed by atoms with Gasteiger partial charge in [-0.2, -0.15) is 0 Å². The molecule has 1 aliphatic rings. The number of benzene rings is 2. The molecule has 4 rings (SSSR count). The van der Waals surface area contributed by atoms with E-state index in [1.807, 2.05) is 31.2 Å². The number of piperazine rings is 1. The number of non-ortho nitro benzene ring substituents is 1. The van der Waals surface area contributed by atoms with Gasteiger partial charge in [-0.3, -0.25) is 20.0 Å². The summed E-state index contributed by atoms with van der Waals surface area (Å²) in [5, 5.41) is 11.8. The summed E-state index contributed by atoms with van der Waals surface area (Å²) >= 11 is 0. The van der Waals surface area contributed by atoms with Crippen molar-refractivity contribution < 1.29 is 14.5 Å². The largest absolute Gasteiger partial charge is 0.465 e. The van der Waals surface area contributed by atoms with Crippen molar-refractivity contribution >= 4 is 28.2 Å². The maximum Gasteiger partial charge on any atom is 0.340 e. The van der Waals surface area contributed by atoms with Crippen LogP contribution in [0, 0.1) is 17.0 Å². The molecule has 1 aliphatic heterocycles. The van der Waals surface area contributed by atoms with Crippen LogP contribution in [0.5, 0.6) is 0 Å². The zero-order valence-corrected chi connectivity index (χ0v) is 17.6. The quantitative estimate of drug-likeness (QED) is 0.354. The Hall–Kier alpha value is -3.52. The molecule has 0 aliphatic carbocycles. The molecule has 1 aromatic heterocycles. The Morgan fingerprint density at radius 1 is 1.10 bits per heavy atom. The van der Waals surface area contributed by atoms with Gasteiger partial charge in [0, 0.05) is 55.9 Å². The number of hydrogen-bond acceptors (Lipinski definition) is 7. The van der Waals surface area contributed by atoms with Crippen LogP contribution in [0.1, 0.15) is 21.6 Å². The molecule has 1 fully saturated rings. The maximum atomic E-state index is 12.5. The highest BCUT2D eigenvalue weighted by atomic mass is 16.6. The number of nitrogens with zero attached hydrogens (tertiary/aromatic N) is 4. The SMILES string of the molecule is COC(=O)c1c(CN2CCN(c3ccc([N+](=O)[O-])cc3)CC2)nc2ccccc2c1C. The van der Waals surface area contributed by atoms with Crippen molar-refractivity contribution in [3.8, 4) is 0 Å². The summed E-state index contributed by atoms with van der Waals surface area (Å²) in [5.41, 5.74) is 4.09. The van der Waals surface area contributed by atoms with Crippen LogP contribution in [0.15, 0.2) is 48.5 Å². The van der Waals surface area contributed by atoms with Crippen molar-refractivity contribution in [3.05, 3.63) is 75.5 Å². The summed E-state index contributed by atoms with van der Waals surface area (Å²) in [6.07, 6.45) is 0. The van der Waals surface area contributed by atoms with E-state index in [4.69, 9.17) is 9.72 Å². The van der Waals surface area contributed by atoms with E-state index in [1.54, 1.807) is 12.1 Å². The highest BCUT2D eigenvalue weighted by molar-refractivity contribution is 5.98. The third kappa shape index (κ3) is 4.20. The second-order valence-electron chi connectivity index (χ2n) is 7.60. The lowest BCUT2D eigenvalue weighted by atomic mass is 10.0. The van der Waals surface area contributed by atoms with Gasteiger partial charge in [-0.15, -0.1) is 0 Å². The molecular weight excluding hydrogens is 396 g/mol. The number of carbonyl (C=O) groups excluding carboxylic acids is 1. The number of methoxy groups -OCH3 is 1. The van der Waals surface area contributed by atoms with Gasteiger partial charge in [0.1, 0.15) is 0 Å². The van der Waals surface area contributed by atoms with Crippen LogP contribution >= 0.6 is 0 Å². The number of hydrogen-bond donors (Lipinski definition) is 0. The number of nitro benzene ring substituents is 1. The molecule has 0 N–H and O–H groups in total. The minimum absolute atomic E-state index is 0.0930. The lowest BCUT2D eigenvalue weighted by molar-refractivity contribution is -0.384. The van der Waals surface area contributed by atoms with Crippen LogP contribution in [-0.2, 0) is 11.3 Å². The molecule has 8 heteroatoms. The summed E-state index contributed by atoms with van der Waals surface area (Å²) in [6.45, 7) is 5.67. The molecule has 0 unspecified atom stereocenters. The van der Waals surface area contributed by atoms with Gasteiger partial charge in [0.15, 0.2) is 0 Å². The predicted octanol–water partition coefficient (Wildman–Crippen LogP) is 3.56. The average Bonchev–Trinajstić information content (AvgIpc) is 2.79. The molecule has 1 saturated heterocycles. The molecule has 160 valence electrons. The third-order valence-corrected chi connectivity index (χ3v) is 5.79. The summed E-state index contributed by atoms with van der Waals surface area (Å²) in [5.74, 6) is -0.365. The minimum atomic E-state index is -0.390. The zero-order valence-electron chi connectivity index (χ0n) is 17.6. The molecule has 0 spiro atoms. The summed E-state index contributed by atoms with van der Waals surface area (Å²) < 4.78 is 5.04. The fraction of sp³-hybridized carbons (Fsp3) is 0.304. The maximum absolute atomic E-state index is 12.5. The van der Waals surface area contributed by atoms with E-state index in [0.717, 1.165) is 54.0 Å². The number of nitro groups is 1. The number of aryl methyl sites for hydroxylation is 1. The van der Waals surface area contributed by atoms with E-state index in [0.29, 0.717) is 12.1 Å². The van der Waals surface area contributed by atoms with Gasteiger partial charge in [-0.1, -0.05) is 18.2 Å². The van der Waals surface area contributed by atoms with Gasteiger partial charge < -0.3 is 9.64 Å². The summed E-state index contributed by atoms with van der Waals surface area (Å²) in [6, 6.07) is 14.5. The van der Waals surface area contributed by atoms with Crippen molar-refractivity contribution in [1.29, 1.82) is 0 Å². The molecule has 31 heavy (non-hydrogen) atoms. The van der Waals surface area contributed by atoms with Crippen molar-refractivity contribution in [2.75, 3.05) is 38.2 Å². The highest BCUT2D eigenvalue weighted by Gasteiger charge is 2.23. The normalized spacial score (nSPS) is 14.6. The second-order valence-corrected chi connectivity index (χ2v) is 7.60. The van der Waals surface area contributed by atoms with E-state index >= 15 is 0 Å². The van der Waals surface area contributed by atoms with Gasteiger partial charge in [-0.05, 0) is 30.7 Å². The molecule has 3 aromatic rings. The standard InChI is InChI=1S/C23H24N4O4/c1-16-19-5-3-4-6-20(19)24-21(22(16)23(28)31-2)15-25-11-13-26(14-12-25)17-7-9-18(10-8-17)27(29)30/h3-10H,11-15H2,1-2H3. The van der Waals surface area contributed by atoms with Gasteiger partial charge in [0.2, 0.25) is 0 Å². The fourth-order valence-electron chi connectivity index (χ4n) is 4.09. The molecule has 0 bridgehead atoms. The first-order valence-corrected chi connectivity index (χ1v) is 10.2. The van der Waals surface area contributed by atoms with Crippen LogP contribution in [0.2, 0.25) is 0 Å². The van der Waals surface area contributed by atoms with Crippen molar-refractivity contribution in [2.45, 2.75) is 13.5 Å². The first-order valence-electron chi connectivity index (χ1n) is 10.2. The monoisotopic (exact) mass is 420 g/mol. The Balaban J connectivity index is 1.51. The van der Waals surface area contributed by atoms with Crippen molar-refractivity contribution in [1.82, 2.24) is 9.88 Å². The first-order chi connectivity index (χ1) is 15.0. The Morgan fingerprint density at radius 2 is 1.77 bits per heavy atom. The van der Waals surface area contributed by atoms with Crippen LogP contribution < -0.4 is 4.90 Å². The van der Waals surface area contributed by atoms with Gasteiger partial charge in [0.25, 0.3) is 5.69 Å². The number of anilines is 1. The molecule has 0 saturated carbocycles. The number of rotatable bonds is 5. The number of esters is 1. The first kappa shape index (κ1) is 20.7. The molecule has 0 atom stereocenters. The Bertz CT molecular complexity index is 1120. The topological polar surface area (TPSA) is 88.8 Å². The Kier molecular flexibility index (Phi) is 5.81. The third-order valence-electron chi connectivity index (χ3n) is 5.79. The van der Waals surface area contributed by atoms with E-state index in [-0.39, 0.29) is 16.6 Å². The average molecular weight is 420 g/mol. The molecule has 2 heterocycles. The van der Waals surface area contributed by atoms with E-state index in [2.05, 4.69) is 9.80 Å². The van der Waals surface area contributed by atoms with Crippen LogP contribution in [0.25, 0.3) is 10.9 Å². The van der Waals surface area contributed by atoms with Crippen LogP contribution in [0.3, 0.4) is 0 Å². The van der Waals surface area contributed by atoms with Gasteiger partial charge >= 0.3 is 5.97 Å². The Labute approximate surface area is 180 Å². The summed E-state index contributed by atoms with van der Waals surface area (Å²) in [4.78, 5) is 32.2. The number of fused-ring (bicyclic) bond motifs is 1. The molecule has 0 radical (unpaired) electrons. The molecule has 2 aromatic carbocycles. The molecule has 8 nitrogen and oxygen atoms in total. The van der Waals surface area contributed by atoms with E-state index in [9.17, 15) is 14.9 Å². The van der Waals surface area contributed by atoms with Gasteiger partial charge in [-0.25, -0.2) is 4.79 Å². The van der Waals surface area contributed by atoms with Crippen molar-refractivity contribution in [2.24, 2.45) is 0 Å². The lowest BCUT2D eigenvalue weighted by Gasteiger charge is -2.36. The second kappa shape index (κ2) is 8.69. The number of carbonyl (C=O) groups is 1. The van der Waals surface area contributed by atoms with Gasteiger partial charge in [0.05, 0.1) is 28.8 Å². The Morgan fingerprint density at radius 3 is 2.42 bits per heavy atom. The van der Waals surface area contributed by atoms with Crippen LogP contribution in [-0.4, -0.2) is 54.1 Å². The van der Waals surface area contributed by atoms with E-state index in [1.165, 1.54) is 19.2 Å². The highest BCUT2D eigenvalue weighted by Crippen LogP contribution is 2.26. The number of para-hydroxylation sites is 1. The number of ether oxygens (including phenoxy) is 1. The molecular formula is C23H24N4O4. The number of aromatic nitrogens is 1.